The summed E-state index contributed by atoms with van der Waals surface area (Å²) in [6.45, 7) is 2.42. The summed E-state index contributed by atoms with van der Waals surface area (Å²) in [4.78, 5) is 17.6. The van der Waals surface area contributed by atoms with E-state index in [9.17, 15) is 4.79 Å². The topological polar surface area (TPSA) is 117 Å². The fraction of sp³-hybridized carbons (Fsp3) is 0.316. The van der Waals surface area contributed by atoms with Gasteiger partial charge >= 0.3 is 0 Å². The van der Waals surface area contributed by atoms with Crippen molar-refractivity contribution in [3.05, 3.63) is 46.4 Å². The molecule has 1 aliphatic rings. The first kappa shape index (κ1) is 17.1. The van der Waals surface area contributed by atoms with Crippen molar-refractivity contribution in [3.63, 3.8) is 0 Å². The number of nitrogen functional groups attached to an aromatic ring is 1. The Morgan fingerprint density at radius 2 is 2.15 bits per heavy atom. The third-order valence-electron chi connectivity index (χ3n) is 4.69. The highest BCUT2D eigenvalue weighted by molar-refractivity contribution is 5.77. The molecular formula is C19H21N7O. The highest BCUT2D eigenvalue weighted by atomic mass is 16.1. The second-order valence-corrected chi connectivity index (χ2v) is 6.64. The molecule has 0 saturated heterocycles. The number of nitrogens with two attached hydrogens (primary N) is 2. The Labute approximate surface area is 156 Å². The van der Waals surface area contributed by atoms with Gasteiger partial charge in [-0.2, -0.15) is 5.10 Å². The lowest BCUT2D eigenvalue weighted by Gasteiger charge is -2.09. The molecule has 0 bridgehead atoms. The molecule has 27 heavy (non-hydrogen) atoms. The molecule has 2 aromatic heterocycles. The summed E-state index contributed by atoms with van der Waals surface area (Å²) in [6, 6.07) is 7.73. The van der Waals surface area contributed by atoms with E-state index in [2.05, 4.69) is 27.2 Å². The van der Waals surface area contributed by atoms with Gasteiger partial charge in [-0.3, -0.25) is 9.36 Å². The number of nitrogens with one attached hydrogen (secondary N) is 1. The van der Waals surface area contributed by atoms with Crippen molar-refractivity contribution < 1.29 is 0 Å². The van der Waals surface area contributed by atoms with Gasteiger partial charge in [-0.25, -0.2) is 9.67 Å². The summed E-state index contributed by atoms with van der Waals surface area (Å²) in [5.41, 5.74) is 14.1. The number of aromatic nitrogens is 4. The maximum absolute atomic E-state index is 13.1. The summed E-state index contributed by atoms with van der Waals surface area (Å²) in [5, 5.41) is 7.57. The summed E-state index contributed by atoms with van der Waals surface area (Å²) >= 11 is 0. The normalized spacial score (nSPS) is 18.1. The average Bonchev–Trinajstić information content (AvgIpc) is 3.23. The number of imidazole rings is 1. The van der Waals surface area contributed by atoms with Crippen molar-refractivity contribution >= 4 is 22.7 Å². The lowest BCUT2D eigenvalue weighted by molar-refractivity contribution is 0.644. The highest BCUT2D eigenvalue weighted by Gasteiger charge is 2.34. The summed E-state index contributed by atoms with van der Waals surface area (Å²) in [5.74, 6) is 6.47. The average molecular weight is 363 g/mol. The summed E-state index contributed by atoms with van der Waals surface area (Å²) in [6.07, 6.45) is 2.49. The third kappa shape index (κ3) is 3.25. The fourth-order valence-electron chi connectivity index (χ4n) is 3.01. The van der Waals surface area contributed by atoms with Crippen LogP contribution < -0.4 is 22.3 Å². The van der Waals surface area contributed by atoms with Crippen LogP contribution in [0, 0.1) is 11.8 Å². The van der Waals surface area contributed by atoms with Crippen LogP contribution in [0.25, 0.3) is 11.0 Å². The van der Waals surface area contributed by atoms with Gasteiger partial charge in [-0.1, -0.05) is 24.1 Å². The van der Waals surface area contributed by atoms with E-state index in [4.69, 9.17) is 11.5 Å². The van der Waals surface area contributed by atoms with E-state index in [-0.39, 0.29) is 17.6 Å². The second-order valence-electron chi connectivity index (χ2n) is 6.64. The number of hydrogen-bond donors (Lipinski definition) is 3. The van der Waals surface area contributed by atoms with Gasteiger partial charge in [-0.15, -0.1) is 5.92 Å². The summed E-state index contributed by atoms with van der Waals surface area (Å²) in [7, 11) is 0. The zero-order chi connectivity index (χ0) is 19.0. The number of hydrogen-bond acceptors (Lipinski definition) is 6. The van der Waals surface area contributed by atoms with E-state index in [0.29, 0.717) is 35.8 Å². The van der Waals surface area contributed by atoms with Gasteiger partial charge in [0.2, 0.25) is 5.95 Å². The van der Waals surface area contributed by atoms with Gasteiger partial charge < -0.3 is 16.8 Å². The van der Waals surface area contributed by atoms with Gasteiger partial charge in [-0.05, 0) is 25.0 Å². The molecule has 1 saturated carbocycles. The molecule has 3 aromatic rings. The molecule has 2 heterocycles. The number of benzene rings is 1. The zero-order valence-corrected chi connectivity index (χ0v) is 15.0. The van der Waals surface area contributed by atoms with Gasteiger partial charge in [0.25, 0.3) is 5.56 Å². The van der Waals surface area contributed by atoms with E-state index in [1.807, 2.05) is 18.2 Å². The summed E-state index contributed by atoms with van der Waals surface area (Å²) < 4.78 is 3.20. The molecule has 5 N–H and O–H groups in total. The maximum atomic E-state index is 13.1. The fourth-order valence-corrected chi connectivity index (χ4v) is 3.01. The third-order valence-corrected chi connectivity index (χ3v) is 4.69. The lowest BCUT2D eigenvalue weighted by Crippen LogP contribution is -2.25. The molecule has 8 heteroatoms. The Morgan fingerprint density at radius 1 is 1.37 bits per heavy atom. The van der Waals surface area contributed by atoms with E-state index in [1.54, 1.807) is 23.8 Å². The van der Waals surface area contributed by atoms with E-state index in [0.717, 1.165) is 12.0 Å². The maximum Gasteiger partial charge on any atom is 0.293 e. The van der Waals surface area contributed by atoms with Crippen LogP contribution in [0.4, 0.5) is 11.6 Å². The minimum absolute atomic E-state index is 0.117. The van der Waals surface area contributed by atoms with E-state index in [1.165, 1.54) is 4.68 Å². The second kappa shape index (κ2) is 6.78. The number of fused-ring (bicyclic) bond motifs is 1. The minimum Gasteiger partial charge on any atom is -0.398 e. The van der Waals surface area contributed by atoms with Crippen molar-refractivity contribution in [2.24, 2.45) is 5.73 Å². The Kier molecular flexibility index (Phi) is 4.30. The van der Waals surface area contributed by atoms with Crippen molar-refractivity contribution in [3.8, 4) is 11.8 Å². The Bertz CT molecular complexity index is 1120. The molecule has 138 valence electrons. The SMILES string of the molecule is CC#CCn1c(NC2CC2N)nc2cnn(Cc3ccccc3N)c(=O)c21. The molecule has 2 atom stereocenters. The zero-order valence-electron chi connectivity index (χ0n) is 15.0. The molecule has 0 radical (unpaired) electrons. The predicted octanol–water partition coefficient (Wildman–Crippen LogP) is 0.758. The molecule has 0 amide bonds. The van der Waals surface area contributed by atoms with Crippen LogP contribution >= 0.6 is 0 Å². The van der Waals surface area contributed by atoms with E-state index >= 15 is 0 Å². The van der Waals surface area contributed by atoms with Crippen LogP contribution in [-0.2, 0) is 13.1 Å². The standard InChI is InChI=1S/C19H21N7O/c1-2-3-8-25-17-16(24-19(25)23-15-9-14(15)21)10-22-26(18(17)27)11-12-6-4-5-7-13(12)20/h4-7,10,14-15H,8-9,11,20-21H2,1H3,(H,23,24). The number of anilines is 2. The van der Waals surface area contributed by atoms with Crippen molar-refractivity contribution in [1.82, 2.24) is 19.3 Å². The first-order chi connectivity index (χ1) is 13.1. The molecule has 1 aliphatic carbocycles. The quantitative estimate of drug-likeness (QED) is 0.455. The molecule has 4 rings (SSSR count). The van der Waals surface area contributed by atoms with Crippen LogP contribution in [-0.4, -0.2) is 31.4 Å². The monoisotopic (exact) mass is 363 g/mol. The van der Waals surface area contributed by atoms with Crippen LogP contribution in [0.15, 0.2) is 35.3 Å². The van der Waals surface area contributed by atoms with Crippen LogP contribution in [0.2, 0.25) is 0 Å². The molecule has 0 spiro atoms. The van der Waals surface area contributed by atoms with Crippen molar-refractivity contribution in [2.75, 3.05) is 11.1 Å². The van der Waals surface area contributed by atoms with Crippen molar-refractivity contribution in [2.45, 2.75) is 38.5 Å². The minimum atomic E-state index is -0.227. The molecule has 1 aromatic carbocycles. The van der Waals surface area contributed by atoms with Crippen LogP contribution in [0.5, 0.6) is 0 Å². The van der Waals surface area contributed by atoms with E-state index < -0.39 is 0 Å². The van der Waals surface area contributed by atoms with Gasteiger partial charge in [0, 0.05) is 17.8 Å². The largest absolute Gasteiger partial charge is 0.398 e. The Balaban J connectivity index is 1.79. The molecule has 1 fully saturated rings. The van der Waals surface area contributed by atoms with Gasteiger partial charge in [0.05, 0.1) is 19.3 Å². The van der Waals surface area contributed by atoms with Crippen LogP contribution in [0.3, 0.4) is 0 Å². The Hall–Kier alpha value is -3.31. The molecule has 2 unspecified atom stereocenters. The highest BCUT2D eigenvalue weighted by Crippen LogP contribution is 2.25. The first-order valence-electron chi connectivity index (χ1n) is 8.80. The molecular weight excluding hydrogens is 342 g/mol. The van der Waals surface area contributed by atoms with Gasteiger partial charge in [0.15, 0.2) is 0 Å². The number of nitrogens with zero attached hydrogens (tertiary/aromatic N) is 4. The molecule has 0 aliphatic heterocycles. The smallest absolute Gasteiger partial charge is 0.293 e. The lowest BCUT2D eigenvalue weighted by atomic mass is 10.2. The predicted molar refractivity (Wildman–Crippen MR) is 105 cm³/mol. The molecule has 8 nitrogen and oxygen atoms in total. The van der Waals surface area contributed by atoms with Gasteiger partial charge in [0.1, 0.15) is 11.0 Å². The van der Waals surface area contributed by atoms with Crippen LogP contribution in [0.1, 0.15) is 18.9 Å². The first-order valence-corrected chi connectivity index (χ1v) is 8.80. The van der Waals surface area contributed by atoms with Crippen molar-refractivity contribution in [1.29, 1.82) is 0 Å². The number of rotatable bonds is 5. The number of para-hydroxylation sites is 1. The Morgan fingerprint density at radius 3 is 2.85 bits per heavy atom.